The Hall–Kier alpha value is -6.10. The number of hydrogen-bond donors (Lipinski definition) is 0. The van der Waals surface area contributed by atoms with Crippen LogP contribution in [0.15, 0.2) is 140 Å². The second-order valence-electron chi connectivity index (χ2n) is 14.3. The number of nitrogens with zero attached hydrogens (tertiary/aromatic N) is 3. The van der Waals surface area contributed by atoms with Crippen LogP contribution in [0, 0.1) is 22.7 Å². The summed E-state index contributed by atoms with van der Waals surface area (Å²) in [5.74, 6) is -0.502. The molecule has 13 rings (SSSR count). The Labute approximate surface area is 317 Å². The number of nitriles is 2. The van der Waals surface area contributed by atoms with Crippen LogP contribution in [0.1, 0.15) is 102 Å². The minimum Gasteiger partial charge on any atom is -0.307 e. The molecule has 3 nitrogen and oxygen atoms in total. The van der Waals surface area contributed by atoms with E-state index in [2.05, 4.69) is 114 Å². The molecular formula is C48H27Cl2N3. The molecular weight excluding hydrogens is 689 g/mol. The monoisotopic (exact) mass is 715 g/mol. The molecule has 53 heavy (non-hydrogen) atoms. The van der Waals surface area contributed by atoms with E-state index in [-0.39, 0.29) is 23.7 Å². The predicted molar refractivity (Wildman–Crippen MR) is 210 cm³/mol. The van der Waals surface area contributed by atoms with Gasteiger partial charge in [-0.2, -0.15) is 10.5 Å². The maximum atomic E-state index is 10.9. The quantitative estimate of drug-likeness (QED) is 0.183. The van der Waals surface area contributed by atoms with Crippen LogP contribution in [0.2, 0.25) is 10.0 Å². The summed E-state index contributed by atoms with van der Waals surface area (Å²) in [6.45, 7) is 0. The van der Waals surface area contributed by atoms with Crippen LogP contribution in [0.3, 0.4) is 0 Å². The summed E-state index contributed by atoms with van der Waals surface area (Å²) in [6.07, 6.45) is 0. The van der Waals surface area contributed by atoms with Crippen LogP contribution in [-0.4, -0.2) is 0 Å². The zero-order valence-corrected chi connectivity index (χ0v) is 29.7. The van der Waals surface area contributed by atoms with Gasteiger partial charge in [0, 0.05) is 29.4 Å². The summed E-state index contributed by atoms with van der Waals surface area (Å²) in [5.41, 5.74) is 16.9. The zero-order chi connectivity index (χ0) is 35.5. The molecule has 6 aliphatic carbocycles. The number of rotatable bonds is 3. The molecule has 5 heteroatoms. The average molecular weight is 717 g/mol. The van der Waals surface area contributed by atoms with Gasteiger partial charge in [-0.1, -0.05) is 138 Å². The van der Waals surface area contributed by atoms with Crippen molar-refractivity contribution in [3.8, 4) is 12.1 Å². The highest BCUT2D eigenvalue weighted by atomic mass is 35.5. The van der Waals surface area contributed by atoms with Gasteiger partial charge >= 0.3 is 0 Å². The predicted octanol–water partition coefficient (Wildman–Crippen LogP) is 12.2. The second kappa shape index (κ2) is 11.2. The molecule has 0 aromatic heterocycles. The molecule has 6 aliphatic rings. The van der Waals surface area contributed by atoms with Crippen LogP contribution in [0.4, 0.5) is 17.1 Å². The van der Waals surface area contributed by atoms with Gasteiger partial charge in [-0.3, -0.25) is 0 Å². The first-order chi connectivity index (χ1) is 26.1. The Kier molecular flexibility index (Phi) is 6.45. The fourth-order valence-corrected chi connectivity index (χ4v) is 10.8. The van der Waals surface area contributed by atoms with Crippen molar-refractivity contribution in [3.05, 3.63) is 227 Å². The number of halogens is 2. The smallest absolute Gasteiger partial charge is 0.0995 e. The van der Waals surface area contributed by atoms with Crippen molar-refractivity contribution in [1.29, 1.82) is 10.5 Å². The van der Waals surface area contributed by atoms with E-state index in [1.54, 1.807) is 0 Å². The Morgan fingerprint density at radius 1 is 0.396 bits per heavy atom. The normalized spacial score (nSPS) is 18.7. The minimum absolute atomic E-state index is 0.109. The van der Waals surface area contributed by atoms with Gasteiger partial charge in [-0.05, 0) is 91.0 Å². The van der Waals surface area contributed by atoms with Crippen LogP contribution in [0.5, 0.6) is 0 Å². The molecule has 0 N–H and O–H groups in total. The van der Waals surface area contributed by atoms with Gasteiger partial charge in [0.15, 0.2) is 0 Å². The van der Waals surface area contributed by atoms with Crippen molar-refractivity contribution in [2.45, 2.75) is 23.7 Å². The molecule has 0 amide bonds. The third kappa shape index (κ3) is 3.94. The Morgan fingerprint density at radius 3 is 0.981 bits per heavy atom. The van der Waals surface area contributed by atoms with Gasteiger partial charge in [0.05, 0.1) is 44.7 Å². The molecule has 0 unspecified atom stereocenters. The third-order valence-corrected chi connectivity index (χ3v) is 12.8. The summed E-state index contributed by atoms with van der Waals surface area (Å²) in [5, 5.41) is 23.0. The number of benzene rings is 7. The van der Waals surface area contributed by atoms with Crippen molar-refractivity contribution in [2.24, 2.45) is 0 Å². The fourth-order valence-electron chi connectivity index (χ4n) is 10.1. The topological polar surface area (TPSA) is 50.8 Å². The Morgan fingerprint density at radius 2 is 0.679 bits per heavy atom. The summed E-state index contributed by atoms with van der Waals surface area (Å²) < 4.78 is 0. The van der Waals surface area contributed by atoms with Crippen molar-refractivity contribution in [3.63, 3.8) is 0 Å². The second-order valence-corrected chi connectivity index (χ2v) is 15.1. The number of anilines is 3. The lowest BCUT2D eigenvalue weighted by Crippen LogP contribution is -2.30. The highest BCUT2D eigenvalue weighted by Gasteiger charge is 2.47. The van der Waals surface area contributed by atoms with Gasteiger partial charge in [0.25, 0.3) is 0 Å². The summed E-state index contributed by atoms with van der Waals surface area (Å²) >= 11 is 15.6. The van der Waals surface area contributed by atoms with Crippen molar-refractivity contribution in [1.82, 2.24) is 0 Å². The molecule has 0 saturated heterocycles. The standard InChI is InChI=1S/C48H27Cl2N3/c49-47-37(22-26(24-51)39-41-29-14-4-8-18-33(29)43(45(39)47)34-19-9-5-15-30(34)41)53(28-12-2-1-3-13-28)38-23-27(25-52)40-42-31-16-6-10-20-35(31)44(46(40)48(38)50)36-21-11-7-17-32(36)42/h1-23,41-44H. The van der Waals surface area contributed by atoms with E-state index in [0.29, 0.717) is 32.5 Å². The molecule has 7 aromatic carbocycles. The van der Waals surface area contributed by atoms with E-state index in [9.17, 15) is 10.5 Å². The average Bonchev–Trinajstić information content (AvgIpc) is 3.22. The van der Waals surface area contributed by atoms with E-state index < -0.39 is 0 Å². The van der Waals surface area contributed by atoms with Crippen LogP contribution < -0.4 is 4.90 Å². The van der Waals surface area contributed by atoms with Crippen LogP contribution in [-0.2, 0) is 0 Å². The van der Waals surface area contributed by atoms with Crippen molar-refractivity contribution in [2.75, 3.05) is 4.90 Å². The molecule has 0 atom stereocenters. The van der Waals surface area contributed by atoms with Crippen LogP contribution >= 0.6 is 23.2 Å². The van der Waals surface area contributed by atoms with Gasteiger partial charge in [-0.15, -0.1) is 0 Å². The fraction of sp³-hybridized carbons (Fsp3) is 0.0833. The lowest BCUT2D eigenvalue weighted by Gasteiger charge is -2.44. The molecule has 0 heterocycles. The molecule has 0 radical (unpaired) electrons. The maximum Gasteiger partial charge on any atom is 0.0995 e. The Bertz CT molecular complexity index is 2560. The number of hydrogen-bond acceptors (Lipinski definition) is 3. The first kappa shape index (κ1) is 30.5. The van der Waals surface area contributed by atoms with Gasteiger partial charge in [0.1, 0.15) is 0 Å². The SMILES string of the molecule is N#Cc1cc(N(c2ccccc2)c2cc(C#N)c3c(c2Cl)C2c4ccccc4C3c3ccccc32)c(Cl)c2c1C1c3ccccc3C2c2ccccc21. The van der Waals surface area contributed by atoms with E-state index in [1.165, 1.54) is 44.5 Å². The molecule has 248 valence electrons. The molecule has 0 spiro atoms. The molecule has 4 bridgehead atoms. The van der Waals surface area contributed by atoms with Crippen LogP contribution in [0.25, 0.3) is 0 Å². The molecule has 0 saturated carbocycles. The van der Waals surface area contributed by atoms with Gasteiger partial charge < -0.3 is 4.90 Å². The first-order valence-electron chi connectivity index (χ1n) is 17.8. The summed E-state index contributed by atoms with van der Waals surface area (Å²) in [6, 6.07) is 53.2. The maximum absolute atomic E-state index is 10.9. The van der Waals surface area contributed by atoms with Crippen molar-refractivity contribution < 1.29 is 0 Å². The summed E-state index contributed by atoms with van der Waals surface area (Å²) in [4.78, 5) is 2.06. The summed E-state index contributed by atoms with van der Waals surface area (Å²) in [7, 11) is 0. The van der Waals surface area contributed by atoms with Gasteiger partial charge in [0.2, 0.25) is 0 Å². The first-order valence-corrected chi connectivity index (χ1v) is 18.6. The van der Waals surface area contributed by atoms with E-state index >= 15 is 0 Å². The Balaban J connectivity index is 1.20. The van der Waals surface area contributed by atoms with E-state index in [1.807, 2.05) is 42.5 Å². The highest BCUT2D eigenvalue weighted by Crippen LogP contribution is 2.62. The van der Waals surface area contributed by atoms with Gasteiger partial charge in [-0.25, -0.2) is 0 Å². The molecule has 7 aromatic rings. The van der Waals surface area contributed by atoms with E-state index in [0.717, 1.165) is 27.9 Å². The van der Waals surface area contributed by atoms with Crippen molar-refractivity contribution >= 4 is 40.3 Å². The highest BCUT2D eigenvalue weighted by molar-refractivity contribution is 6.37. The number of para-hydroxylation sites is 1. The largest absolute Gasteiger partial charge is 0.307 e. The van der Waals surface area contributed by atoms with E-state index in [4.69, 9.17) is 23.2 Å². The third-order valence-electron chi connectivity index (χ3n) is 12.0. The minimum atomic E-state index is -0.142. The molecule has 0 fully saturated rings. The zero-order valence-electron chi connectivity index (χ0n) is 28.2. The molecule has 0 aliphatic heterocycles. The lowest BCUT2D eigenvalue weighted by atomic mass is 9.60. The lowest BCUT2D eigenvalue weighted by molar-refractivity contribution is 0.751.